The highest BCUT2D eigenvalue weighted by atomic mass is 32.1. The summed E-state index contributed by atoms with van der Waals surface area (Å²) in [6, 6.07) is 42.0. The third-order valence-electron chi connectivity index (χ3n) is 12.3. The Morgan fingerprint density at radius 2 is 1.45 bits per heavy atom. The van der Waals surface area contributed by atoms with Crippen molar-refractivity contribution in [1.29, 1.82) is 0 Å². The van der Waals surface area contributed by atoms with Crippen molar-refractivity contribution in [3.05, 3.63) is 172 Å². The van der Waals surface area contributed by atoms with Crippen LogP contribution in [-0.2, 0) is 27.3 Å². The summed E-state index contributed by atoms with van der Waals surface area (Å²) < 4.78 is 11.7. The van der Waals surface area contributed by atoms with Gasteiger partial charge in [-0.05, 0) is 94.5 Å². The average molecular weight is 948 g/mol. The molecule has 2 heterocycles. The van der Waals surface area contributed by atoms with E-state index in [4.69, 9.17) is 9.47 Å². The molecule has 5 aromatic carbocycles. The van der Waals surface area contributed by atoms with Crippen LogP contribution in [0.3, 0.4) is 0 Å². The molecule has 1 aromatic heterocycles. The molecule has 1 aliphatic heterocycles. The third-order valence-corrected chi connectivity index (χ3v) is 13.3. The molecule has 6 aromatic rings. The number of carbonyl (C=O) groups excluding carboxylic acids is 4. The first kappa shape index (κ1) is 49.8. The Hall–Kier alpha value is -7.09. The van der Waals surface area contributed by atoms with Crippen molar-refractivity contribution in [1.82, 2.24) is 25.4 Å². The maximum absolute atomic E-state index is 13.9. The van der Waals surface area contributed by atoms with Gasteiger partial charge in [0.2, 0.25) is 17.7 Å². The standard InChI is InChI=1S/C56H61N5O7S/c1-6-48(41-13-9-7-10-14-41)51(42-15-11-8-12-16-42)43-24-28-46(29-25-43)67-32-31-60(5)56(66)68-47-26-19-39(20-27-47)21-30-50(63)59-52(37(2)3)55(65)61-35-45(62)33-49(61)54(64)57-34-40-17-22-44(23-18-40)53-38(4)58-36-69-53/h7-20,22-29,36-37,45,49,52,62H,6,21,30-35H2,1-5H3,(H,57,64)(H,59,63)/b51-48-/t45-,49+,52+/m1/s1. The van der Waals surface area contributed by atoms with Gasteiger partial charge in [0.15, 0.2) is 0 Å². The number of amides is 4. The van der Waals surface area contributed by atoms with Gasteiger partial charge in [-0.25, -0.2) is 9.78 Å². The lowest BCUT2D eigenvalue weighted by Crippen LogP contribution is -2.55. The Balaban J connectivity index is 0.851. The number of aryl methyl sites for hydroxylation is 2. The number of rotatable bonds is 19. The first-order valence-corrected chi connectivity index (χ1v) is 24.4. The maximum Gasteiger partial charge on any atom is 0.415 e. The molecule has 12 nitrogen and oxygen atoms in total. The quantitative estimate of drug-likeness (QED) is 0.0681. The van der Waals surface area contributed by atoms with E-state index in [1.807, 2.05) is 74.8 Å². The summed E-state index contributed by atoms with van der Waals surface area (Å²) in [5, 5.41) is 16.4. The van der Waals surface area contributed by atoms with Gasteiger partial charge < -0.3 is 35.0 Å². The fourth-order valence-corrected chi connectivity index (χ4v) is 9.27. The van der Waals surface area contributed by atoms with Gasteiger partial charge in [-0.2, -0.15) is 0 Å². The van der Waals surface area contributed by atoms with Crippen LogP contribution in [0.5, 0.6) is 11.5 Å². The van der Waals surface area contributed by atoms with Gasteiger partial charge in [-0.1, -0.05) is 130 Å². The van der Waals surface area contributed by atoms with Crippen molar-refractivity contribution in [2.75, 3.05) is 26.7 Å². The molecule has 0 bridgehead atoms. The van der Waals surface area contributed by atoms with Gasteiger partial charge in [0, 0.05) is 33.0 Å². The topological polar surface area (TPSA) is 150 Å². The van der Waals surface area contributed by atoms with Crippen LogP contribution in [0.4, 0.5) is 4.79 Å². The van der Waals surface area contributed by atoms with E-state index < -0.39 is 30.2 Å². The van der Waals surface area contributed by atoms with E-state index in [2.05, 4.69) is 83.2 Å². The monoisotopic (exact) mass is 947 g/mol. The number of aliphatic hydroxyl groups excluding tert-OH is 1. The van der Waals surface area contributed by atoms with E-state index in [1.165, 1.54) is 26.5 Å². The number of benzene rings is 5. The van der Waals surface area contributed by atoms with Crippen LogP contribution in [0.15, 0.2) is 139 Å². The maximum atomic E-state index is 13.9. The molecule has 0 saturated carbocycles. The van der Waals surface area contributed by atoms with Crippen molar-refractivity contribution in [3.8, 4) is 21.9 Å². The lowest BCUT2D eigenvalue weighted by molar-refractivity contribution is -0.142. The molecule has 358 valence electrons. The Labute approximate surface area is 409 Å². The molecule has 0 aliphatic carbocycles. The number of hydrogen-bond donors (Lipinski definition) is 3. The highest BCUT2D eigenvalue weighted by Gasteiger charge is 2.42. The van der Waals surface area contributed by atoms with Crippen molar-refractivity contribution >= 4 is 46.3 Å². The first-order valence-electron chi connectivity index (χ1n) is 23.5. The number of ether oxygens (including phenoxy) is 2. The largest absolute Gasteiger partial charge is 0.492 e. The molecule has 1 saturated heterocycles. The number of hydrogen-bond acceptors (Lipinski definition) is 9. The number of aromatic nitrogens is 1. The second-order valence-electron chi connectivity index (χ2n) is 17.6. The molecule has 0 radical (unpaired) electrons. The molecule has 1 fully saturated rings. The van der Waals surface area contributed by atoms with E-state index in [0.29, 0.717) is 24.5 Å². The van der Waals surface area contributed by atoms with Crippen LogP contribution in [-0.4, -0.2) is 88.6 Å². The van der Waals surface area contributed by atoms with Crippen LogP contribution < -0.4 is 20.1 Å². The summed E-state index contributed by atoms with van der Waals surface area (Å²) in [4.78, 5) is 61.8. The average Bonchev–Trinajstić information content (AvgIpc) is 3.99. The number of likely N-dealkylation sites (N-methyl/N-ethyl adjacent to an activating group) is 1. The number of aliphatic hydroxyl groups is 1. The van der Waals surface area contributed by atoms with Crippen molar-refractivity contribution in [2.24, 2.45) is 5.92 Å². The first-order chi connectivity index (χ1) is 33.4. The molecule has 3 N–H and O–H groups in total. The molecular weight excluding hydrogens is 887 g/mol. The van der Waals surface area contributed by atoms with Crippen molar-refractivity contribution < 1.29 is 33.8 Å². The molecule has 1 aliphatic rings. The van der Waals surface area contributed by atoms with Crippen LogP contribution in [0.2, 0.25) is 0 Å². The summed E-state index contributed by atoms with van der Waals surface area (Å²) in [6.45, 7) is 8.64. The van der Waals surface area contributed by atoms with Gasteiger partial charge in [-0.15, -0.1) is 11.3 Å². The number of thiazole rings is 1. The fourth-order valence-electron chi connectivity index (χ4n) is 8.46. The number of β-amino-alcohol motifs (C(OH)–C–C–N with tert-alkyl or cyclic N) is 1. The predicted molar refractivity (Wildman–Crippen MR) is 271 cm³/mol. The zero-order valence-electron chi connectivity index (χ0n) is 39.9. The SMILES string of the molecule is CC/C(=C(\c1ccccc1)c1ccc(OCCN(C)C(=O)Oc2ccc(CCC(=O)N[C@H](C(=O)N3C[C@H](O)C[C@H]3C(=O)NCc3ccc(-c4scnc4C)cc3)C(C)C)cc2)cc1)c1ccccc1. The van der Waals surface area contributed by atoms with Gasteiger partial charge in [-0.3, -0.25) is 14.4 Å². The Morgan fingerprint density at radius 1 is 0.826 bits per heavy atom. The number of likely N-dealkylation sites (tertiary alicyclic amines) is 1. The highest BCUT2D eigenvalue weighted by molar-refractivity contribution is 7.13. The molecule has 0 unspecified atom stereocenters. The van der Waals surface area contributed by atoms with Crippen LogP contribution in [0.1, 0.15) is 73.5 Å². The number of carbonyl (C=O) groups is 4. The Bertz CT molecular complexity index is 2690. The van der Waals surface area contributed by atoms with E-state index >= 15 is 0 Å². The van der Waals surface area contributed by atoms with Crippen molar-refractivity contribution in [3.63, 3.8) is 0 Å². The zero-order chi connectivity index (χ0) is 48.9. The normalized spacial score (nSPS) is 15.3. The molecule has 7 rings (SSSR count). The molecule has 69 heavy (non-hydrogen) atoms. The minimum Gasteiger partial charge on any atom is -0.492 e. The number of nitrogens with zero attached hydrogens (tertiary/aromatic N) is 3. The molecule has 3 atom stereocenters. The summed E-state index contributed by atoms with van der Waals surface area (Å²) in [5.41, 5.74) is 11.4. The van der Waals surface area contributed by atoms with Crippen LogP contribution in [0.25, 0.3) is 21.6 Å². The smallest absolute Gasteiger partial charge is 0.415 e. The van der Waals surface area contributed by atoms with E-state index in [9.17, 15) is 24.3 Å². The van der Waals surface area contributed by atoms with E-state index in [1.54, 1.807) is 42.6 Å². The second kappa shape index (κ2) is 23.8. The summed E-state index contributed by atoms with van der Waals surface area (Å²) in [7, 11) is 1.65. The molecular formula is C56H61N5O7S. The Morgan fingerprint density at radius 3 is 2.07 bits per heavy atom. The van der Waals surface area contributed by atoms with Gasteiger partial charge in [0.05, 0.1) is 28.7 Å². The van der Waals surface area contributed by atoms with Crippen LogP contribution in [0, 0.1) is 12.8 Å². The highest BCUT2D eigenvalue weighted by Crippen LogP contribution is 2.35. The van der Waals surface area contributed by atoms with Gasteiger partial charge in [0.1, 0.15) is 30.2 Å². The summed E-state index contributed by atoms with van der Waals surface area (Å²) in [5.74, 6) is -0.316. The molecule has 13 heteroatoms. The van der Waals surface area contributed by atoms with E-state index in [-0.39, 0.29) is 50.3 Å². The second-order valence-corrected chi connectivity index (χ2v) is 18.5. The molecule has 4 amide bonds. The van der Waals surface area contributed by atoms with Crippen LogP contribution >= 0.6 is 11.3 Å². The summed E-state index contributed by atoms with van der Waals surface area (Å²) >= 11 is 1.57. The van der Waals surface area contributed by atoms with Gasteiger partial charge in [0.25, 0.3) is 0 Å². The Kier molecular flexibility index (Phi) is 17.2. The fraction of sp³-hybridized carbons (Fsp3) is 0.304. The van der Waals surface area contributed by atoms with Crippen molar-refractivity contribution in [2.45, 2.75) is 78.1 Å². The summed E-state index contributed by atoms with van der Waals surface area (Å²) in [6.07, 6.45) is 0.0667. The van der Waals surface area contributed by atoms with E-state index in [0.717, 1.165) is 44.8 Å². The van der Waals surface area contributed by atoms with Gasteiger partial charge >= 0.3 is 6.09 Å². The molecule has 0 spiro atoms. The third kappa shape index (κ3) is 13.1. The number of nitrogens with one attached hydrogen (secondary N) is 2. The minimum atomic E-state index is -0.889. The zero-order valence-corrected chi connectivity index (χ0v) is 40.7. The lowest BCUT2D eigenvalue weighted by Gasteiger charge is -2.30. The lowest BCUT2D eigenvalue weighted by atomic mass is 9.88. The minimum absolute atomic E-state index is 0.00143. The predicted octanol–water partition coefficient (Wildman–Crippen LogP) is 9.35. The number of allylic oxidation sites excluding steroid dienone is 1.